The second-order valence-electron chi connectivity index (χ2n) is 7.13. The van der Waals surface area contributed by atoms with Gasteiger partial charge in [0.25, 0.3) is 5.91 Å². The number of nitrogens with zero attached hydrogens (tertiary/aromatic N) is 1. The number of carbonyl (C=O) groups is 3. The van der Waals surface area contributed by atoms with Crippen molar-refractivity contribution in [2.75, 3.05) is 10.6 Å². The molecule has 0 radical (unpaired) electrons. The molecule has 0 atom stereocenters. The number of halogens is 1. The number of aromatic nitrogens is 1. The standard InChI is InChI=1S/C22H23BrN4O3/c1-2-20(28)24-15-8-6-14(7-9-15)21(29)25-16-10-12-17(13-11-16)26-22(30)18-4-3-5-19(23)27-18/h2-5,10-15H,1,6-9H2,(H,24,28)(H,25,29)(H,26,30). The van der Waals surface area contributed by atoms with E-state index in [4.69, 9.17) is 0 Å². The summed E-state index contributed by atoms with van der Waals surface area (Å²) >= 11 is 3.24. The summed E-state index contributed by atoms with van der Waals surface area (Å²) in [5.74, 6) is -0.596. The molecule has 2 aromatic rings. The van der Waals surface area contributed by atoms with Crippen LogP contribution in [0.4, 0.5) is 11.4 Å². The van der Waals surface area contributed by atoms with Gasteiger partial charge in [-0.15, -0.1) is 0 Å². The van der Waals surface area contributed by atoms with Crippen molar-refractivity contribution < 1.29 is 14.4 Å². The maximum atomic E-state index is 12.5. The molecule has 1 aliphatic rings. The second kappa shape index (κ2) is 10.2. The summed E-state index contributed by atoms with van der Waals surface area (Å²) in [7, 11) is 0. The molecule has 7 nitrogen and oxygen atoms in total. The third kappa shape index (κ3) is 6.00. The predicted octanol–water partition coefficient (Wildman–Crippen LogP) is 3.90. The van der Waals surface area contributed by atoms with E-state index in [0.29, 0.717) is 21.7 Å². The van der Waals surface area contributed by atoms with Crippen LogP contribution < -0.4 is 16.0 Å². The highest BCUT2D eigenvalue weighted by molar-refractivity contribution is 9.10. The Balaban J connectivity index is 1.49. The fraction of sp³-hybridized carbons (Fsp3) is 0.273. The maximum Gasteiger partial charge on any atom is 0.274 e. The highest BCUT2D eigenvalue weighted by Gasteiger charge is 2.26. The summed E-state index contributed by atoms with van der Waals surface area (Å²) < 4.78 is 0.588. The molecule has 30 heavy (non-hydrogen) atoms. The van der Waals surface area contributed by atoms with Crippen LogP contribution in [0.2, 0.25) is 0 Å². The molecule has 1 aromatic heterocycles. The average molecular weight is 471 g/mol. The van der Waals surface area contributed by atoms with Crippen molar-refractivity contribution in [2.24, 2.45) is 5.92 Å². The molecular formula is C22H23BrN4O3. The number of anilines is 2. The van der Waals surface area contributed by atoms with E-state index >= 15 is 0 Å². The zero-order chi connectivity index (χ0) is 21.5. The van der Waals surface area contributed by atoms with Gasteiger partial charge in [-0.25, -0.2) is 4.98 Å². The fourth-order valence-electron chi connectivity index (χ4n) is 3.37. The lowest BCUT2D eigenvalue weighted by Gasteiger charge is -2.28. The summed E-state index contributed by atoms with van der Waals surface area (Å²) in [4.78, 5) is 40.3. The number of nitrogens with one attached hydrogen (secondary N) is 3. The first kappa shape index (κ1) is 21.7. The summed E-state index contributed by atoms with van der Waals surface area (Å²) in [6.45, 7) is 3.45. The lowest BCUT2D eigenvalue weighted by Crippen LogP contribution is -2.38. The SMILES string of the molecule is C=CC(=O)NC1CCC(C(=O)Nc2ccc(NC(=O)c3cccc(Br)n3)cc2)CC1. The van der Waals surface area contributed by atoms with E-state index in [0.717, 1.165) is 25.7 Å². The van der Waals surface area contributed by atoms with Crippen LogP contribution in [0.25, 0.3) is 0 Å². The molecule has 1 saturated carbocycles. The van der Waals surface area contributed by atoms with Crippen molar-refractivity contribution in [3.63, 3.8) is 0 Å². The van der Waals surface area contributed by atoms with Gasteiger partial charge in [0.1, 0.15) is 10.3 Å². The van der Waals surface area contributed by atoms with Gasteiger partial charge < -0.3 is 16.0 Å². The molecule has 1 heterocycles. The average Bonchev–Trinajstić information content (AvgIpc) is 2.75. The lowest BCUT2D eigenvalue weighted by atomic mass is 9.85. The van der Waals surface area contributed by atoms with Crippen LogP contribution in [0.5, 0.6) is 0 Å². The summed E-state index contributed by atoms with van der Waals surface area (Å²) in [6, 6.07) is 12.2. The van der Waals surface area contributed by atoms with Crippen LogP contribution in [-0.2, 0) is 9.59 Å². The van der Waals surface area contributed by atoms with Gasteiger partial charge in [-0.1, -0.05) is 12.6 Å². The topological polar surface area (TPSA) is 100 Å². The van der Waals surface area contributed by atoms with E-state index in [-0.39, 0.29) is 29.7 Å². The first-order valence-corrected chi connectivity index (χ1v) is 10.5. The Bertz CT molecular complexity index is 938. The molecule has 0 aliphatic heterocycles. The first-order chi connectivity index (χ1) is 14.4. The molecular weight excluding hydrogens is 448 g/mol. The Morgan fingerprint density at radius 3 is 2.20 bits per heavy atom. The third-order valence-electron chi connectivity index (χ3n) is 4.99. The second-order valence-corrected chi connectivity index (χ2v) is 7.94. The van der Waals surface area contributed by atoms with Gasteiger partial charge in [-0.3, -0.25) is 14.4 Å². The largest absolute Gasteiger partial charge is 0.350 e. The Hall–Kier alpha value is -3.00. The van der Waals surface area contributed by atoms with Crippen molar-refractivity contribution in [1.82, 2.24) is 10.3 Å². The number of rotatable bonds is 6. The smallest absolute Gasteiger partial charge is 0.274 e. The monoisotopic (exact) mass is 470 g/mol. The van der Waals surface area contributed by atoms with Gasteiger partial charge in [0.15, 0.2) is 0 Å². The van der Waals surface area contributed by atoms with Gasteiger partial charge in [0, 0.05) is 23.3 Å². The molecule has 0 unspecified atom stereocenters. The van der Waals surface area contributed by atoms with E-state index in [9.17, 15) is 14.4 Å². The number of benzene rings is 1. The summed E-state index contributed by atoms with van der Waals surface area (Å²) in [5, 5.41) is 8.59. The van der Waals surface area contributed by atoms with Gasteiger partial charge in [0.2, 0.25) is 11.8 Å². The Labute approximate surface area is 183 Å². The maximum absolute atomic E-state index is 12.5. The molecule has 3 rings (SSSR count). The van der Waals surface area contributed by atoms with Crippen molar-refractivity contribution in [3.8, 4) is 0 Å². The summed E-state index contributed by atoms with van der Waals surface area (Å²) in [5.41, 5.74) is 1.58. The minimum atomic E-state index is -0.312. The number of hydrogen-bond acceptors (Lipinski definition) is 4. The van der Waals surface area contributed by atoms with Gasteiger partial charge in [0.05, 0.1) is 0 Å². The van der Waals surface area contributed by atoms with Crippen molar-refractivity contribution in [1.29, 1.82) is 0 Å². The molecule has 1 aromatic carbocycles. The third-order valence-corrected chi connectivity index (χ3v) is 5.43. The molecule has 156 valence electrons. The molecule has 3 amide bonds. The Morgan fingerprint density at radius 2 is 1.60 bits per heavy atom. The predicted molar refractivity (Wildman–Crippen MR) is 119 cm³/mol. The highest BCUT2D eigenvalue weighted by atomic mass is 79.9. The van der Waals surface area contributed by atoms with Gasteiger partial charge in [-0.2, -0.15) is 0 Å². The zero-order valence-corrected chi connectivity index (χ0v) is 17.9. The normalized spacial score (nSPS) is 18.2. The lowest BCUT2D eigenvalue weighted by molar-refractivity contribution is -0.121. The van der Waals surface area contributed by atoms with Crippen LogP contribution in [0.15, 0.2) is 59.7 Å². The van der Waals surface area contributed by atoms with E-state index in [1.165, 1.54) is 6.08 Å². The van der Waals surface area contributed by atoms with Crippen LogP contribution in [-0.4, -0.2) is 28.7 Å². The minimum Gasteiger partial charge on any atom is -0.350 e. The molecule has 1 fully saturated rings. The summed E-state index contributed by atoms with van der Waals surface area (Å²) in [6.07, 6.45) is 4.25. The quantitative estimate of drug-likeness (QED) is 0.440. The number of pyridine rings is 1. The molecule has 0 saturated heterocycles. The first-order valence-electron chi connectivity index (χ1n) is 9.72. The van der Waals surface area contributed by atoms with Crippen molar-refractivity contribution >= 4 is 45.0 Å². The van der Waals surface area contributed by atoms with E-state index in [1.54, 1.807) is 42.5 Å². The number of carbonyl (C=O) groups excluding carboxylic acids is 3. The zero-order valence-electron chi connectivity index (χ0n) is 16.4. The number of hydrogen-bond donors (Lipinski definition) is 3. The molecule has 1 aliphatic carbocycles. The molecule has 8 heteroatoms. The highest BCUT2D eigenvalue weighted by Crippen LogP contribution is 2.26. The van der Waals surface area contributed by atoms with Crippen molar-refractivity contribution in [3.05, 3.63) is 65.4 Å². The Morgan fingerprint density at radius 1 is 0.967 bits per heavy atom. The Kier molecular flexibility index (Phi) is 7.35. The molecule has 0 bridgehead atoms. The van der Waals surface area contributed by atoms with Gasteiger partial charge >= 0.3 is 0 Å². The van der Waals surface area contributed by atoms with E-state index in [2.05, 4.69) is 43.4 Å². The van der Waals surface area contributed by atoms with Crippen LogP contribution >= 0.6 is 15.9 Å². The van der Waals surface area contributed by atoms with Crippen molar-refractivity contribution in [2.45, 2.75) is 31.7 Å². The molecule has 3 N–H and O–H groups in total. The van der Waals surface area contributed by atoms with Gasteiger partial charge in [-0.05, 0) is 84.1 Å². The minimum absolute atomic E-state index is 0.0291. The van der Waals surface area contributed by atoms with Crippen LogP contribution in [0.1, 0.15) is 36.2 Å². The van der Waals surface area contributed by atoms with Crippen LogP contribution in [0, 0.1) is 5.92 Å². The fourth-order valence-corrected chi connectivity index (χ4v) is 3.71. The van der Waals surface area contributed by atoms with Crippen LogP contribution in [0.3, 0.4) is 0 Å². The number of amides is 3. The van der Waals surface area contributed by atoms with E-state index in [1.807, 2.05) is 0 Å². The van der Waals surface area contributed by atoms with E-state index < -0.39 is 0 Å². The molecule has 0 spiro atoms.